The first-order valence-electron chi connectivity index (χ1n) is 12.9. The number of hydrogen-bond donors (Lipinski definition) is 1. The highest BCUT2D eigenvalue weighted by molar-refractivity contribution is 8.00. The Bertz CT molecular complexity index is 1470. The molecule has 0 saturated carbocycles. The lowest BCUT2D eigenvalue weighted by molar-refractivity contribution is -0.161. The van der Waals surface area contributed by atoms with Crippen LogP contribution in [0.5, 0.6) is 0 Å². The highest BCUT2D eigenvalue weighted by Crippen LogP contribution is 2.41. The molecule has 1 aliphatic heterocycles. The SMILES string of the molecule is CC(SC1COC(/C=C/C=C/c2ccc(C#N)cc2F)OC1)C(Cn1cncn1)(OC(=O)CN)c1ccc(F)cc1F. The van der Waals surface area contributed by atoms with Crippen LogP contribution in [0.3, 0.4) is 0 Å². The van der Waals surface area contributed by atoms with Gasteiger partial charge in [0.15, 0.2) is 11.9 Å². The van der Waals surface area contributed by atoms with Gasteiger partial charge in [-0.1, -0.05) is 24.3 Å². The summed E-state index contributed by atoms with van der Waals surface area (Å²) in [5.41, 5.74) is 4.44. The molecule has 0 amide bonds. The fraction of sp³-hybridized carbons (Fsp3) is 0.310. The van der Waals surface area contributed by atoms with Gasteiger partial charge in [0, 0.05) is 22.4 Å². The highest BCUT2D eigenvalue weighted by atomic mass is 32.2. The van der Waals surface area contributed by atoms with Gasteiger partial charge in [-0.25, -0.2) is 22.8 Å². The van der Waals surface area contributed by atoms with Crippen LogP contribution in [-0.4, -0.2) is 57.3 Å². The molecule has 42 heavy (non-hydrogen) atoms. The van der Waals surface area contributed by atoms with E-state index in [1.54, 1.807) is 31.2 Å². The fourth-order valence-electron chi connectivity index (χ4n) is 4.37. The third-order valence-corrected chi connectivity index (χ3v) is 7.89. The molecule has 1 aromatic heterocycles. The van der Waals surface area contributed by atoms with Crippen LogP contribution in [0.4, 0.5) is 13.2 Å². The first kappa shape index (κ1) is 31.0. The number of benzene rings is 2. The van der Waals surface area contributed by atoms with E-state index in [0.29, 0.717) is 5.56 Å². The van der Waals surface area contributed by atoms with Crippen LogP contribution < -0.4 is 5.73 Å². The molecule has 1 saturated heterocycles. The second-order valence-corrected chi connectivity index (χ2v) is 11.0. The Kier molecular flexibility index (Phi) is 10.5. The summed E-state index contributed by atoms with van der Waals surface area (Å²) in [5.74, 6) is -2.94. The predicted octanol–water partition coefficient (Wildman–Crippen LogP) is 4.10. The summed E-state index contributed by atoms with van der Waals surface area (Å²) in [5, 5.41) is 12.1. The maximum atomic E-state index is 15.2. The van der Waals surface area contributed by atoms with Crippen LogP contribution >= 0.6 is 11.8 Å². The second kappa shape index (κ2) is 14.3. The van der Waals surface area contributed by atoms with Gasteiger partial charge >= 0.3 is 5.97 Å². The van der Waals surface area contributed by atoms with Crippen molar-refractivity contribution in [3.05, 3.63) is 101 Å². The molecule has 0 spiro atoms. The third kappa shape index (κ3) is 7.65. The number of nitrogens with two attached hydrogens (primary N) is 1. The minimum atomic E-state index is -1.63. The zero-order chi connectivity index (χ0) is 30.1. The summed E-state index contributed by atoms with van der Waals surface area (Å²) >= 11 is 1.35. The van der Waals surface area contributed by atoms with Crippen LogP contribution in [0.2, 0.25) is 0 Å². The molecule has 9 nitrogen and oxygen atoms in total. The van der Waals surface area contributed by atoms with Crippen molar-refractivity contribution in [2.45, 2.75) is 35.9 Å². The maximum absolute atomic E-state index is 15.2. The summed E-state index contributed by atoms with van der Waals surface area (Å²) in [7, 11) is 0. The van der Waals surface area contributed by atoms with Crippen LogP contribution in [0.25, 0.3) is 6.08 Å². The average Bonchev–Trinajstić information content (AvgIpc) is 3.49. The normalized spacial score (nSPS) is 19.4. The number of hydrogen-bond acceptors (Lipinski definition) is 9. The smallest absolute Gasteiger partial charge is 0.320 e. The zero-order valence-electron chi connectivity index (χ0n) is 22.5. The Hall–Kier alpha value is -3.96. The number of rotatable bonds is 11. The number of ether oxygens (including phenoxy) is 3. The molecule has 220 valence electrons. The van der Waals surface area contributed by atoms with Crippen LogP contribution in [0.1, 0.15) is 23.6 Å². The molecule has 0 bridgehead atoms. The van der Waals surface area contributed by atoms with E-state index in [9.17, 15) is 13.6 Å². The van der Waals surface area contributed by atoms with E-state index in [-0.39, 0.29) is 36.1 Å². The van der Waals surface area contributed by atoms with Crippen LogP contribution in [0, 0.1) is 28.8 Å². The Balaban J connectivity index is 1.45. The van der Waals surface area contributed by atoms with Gasteiger partial charge in [-0.2, -0.15) is 10.4 Å². The molecule has 1 aliphatic rings. The number of thioether (sulfide) groups is 1. The largest absolute Gasteiger partial charge is 0.450 e. The Morgan fingerprint density at radius 1 is 1.24 bits per heavy atom. The summed E-state index contributed by atoms with van der Waals surface area (Å²) < 4.78 is 61.9. The topological polar surface area (TPSA) is 125 Å². The standard InChI is InChI=1S/C29H28F3N5O4S/c1-19(29(41-27(38)13-34,16-37-18-35-17-36-37)24-9-8-22(30)11-26(24)32)42-23-14-39-28(40-15-23)5-3-2-4-21-7-6-20(12-33)10-25(21)31/h2-11,17-19,23,28H,13-16,34H2,1H3/b4-2+,5-3+. The number of carbonyl (C=O) groups is 1. The van der Waals surface area contributed by atoms with Crippen LogP contribution in [0.15, 0.2) is 67.3 Å². The molecule has 3 aromatic rings. The predicted molar refractivity (Wildman–Crippen MR) is 149 cm³/mol. The van der Waals surface area contributed by atoms with Gasteiger partial charge in [-0.05, 0) is 37.3 Å². The quantitative estimate of drug-likeness (QED) is 0.256. The first-order chi connectivity index (χ1) is 20.2. The number of halogens is 3. The number of aromatic nitrogens is 3. The van der Waals surface area contributed by atoms with Crippen molar-refractivity contribution >= 4 is 23.8 Å². The van der Waals surface area contributed by atoms with Gasteiger partial charge in [0.2, 0.25) is 0 Å². The lowest BCUT2D eigenvalue weighted by atomic mass is 9.89. The van der Waals surface area contributed by atoms with Gasteiger partial charge < -0.3 is 19.9 Å². The highest BCUT2D eigenvalue weighted by Gasteiger charge is 2.46. The third-order valence-electron chi connectivity index (χ3n) is 6.44. The Morgan fingerprint density at radius 2 is 2.02 bits per heavy atom. The van der Waals surface area contributed by atoms with Gasteiger partial charge in [0.1, 0.15) is 30.1 Å². The number of carbonyl (C=O) groups excluding carboxylic acids is 1. The lowest BCUT2D eigenvalue weighted by Crippen LogP contribution is -2.48. The molecule has 2 aromatic carbocycles. The van der Waals surface area contributed by atoms with Crippen molar-refractivity contribution in [1.82, 2.24) is 14.8 Å². The van der Waals surface area contributed by atoms with Gasteiger partial charge in [0.05, 0.1) is 43.2 Å². The van der Waals surface area contributed by atoms with Crippen LogP contribution in [-0.2, 0) is 31.2 Å². The fourth-order valence-corrected chi connectivity index (χ4v) is 5.73. The molecule has 0 radical (unpaired) electrons. The average molecular weight is 600 g/mol. The number of esters is 1. The number of allylic oxidation sites excluding steroid dienone is 2. The molecular formula is C29H28F3N5O4S. The summed E-state index contributed by atoms with van der Waals surface area (Å²) in [6.45, 7) is 1.71. The van der Waals surface area contributed by atoms with Crippen molar-refractivity contribution < 1.29 is 32.2 Å². The Morgan fingerprint density at radius 3 is 2.67 bits per heavy atom. The zero-order valence-corrected chi connectivity index (χ0v) is 23.3. The minimum absolute atomic E-state index is 0.0369. The Labute approximate surface area is 244 Å². The molecule has 2 atom stereocenters. The summed E-state index contributed by atoms with van der Waals surface area (Å²) in [4.78, 5) is 16.4. The number of nitriles is 1. The monoisotopic (exact) mass is 599 g/mol. The van der Waals surface area contributed by atoms with E-state index in [2.05, 4.69) is 10.1 Å². The molecule has 4 rings (SSSR count). The molecule has 1 fully saturated rings. The van der Waals surface area contributed by atoms with Crippen molar-refractivity contribution in [3.63, 3.8) is 0 Å². The van der Waals surface area contributed by atoms with Crippen molar-refractivity contribution in [2.75, 3.05) is 19.8 Å². The maximum Gasteiger partial charge on any atom is 0.320 e. The molecule has 2 N–H and O–H groups in total. The van der Waals surface area contributed by atoms with E-state index >= 15 is 4.39 Å². The van der Waals surface area contributed by atoms with Crippen molar-refractivity contribution in [1.29, 1.82) is 5.26 Å². The van der Waals surface area contributed by atoms with E-state index in [1.807, 2.05) is 6.07 Å². The number of nitrogens with zero attached hydrogens (tertiary/aromatic N) is 4. The van der Waals surface area contributed by atoms with Gasteiger partial charge in [0.25, 0.3) is 0 Å². The lowest BCUT2D eigenvalue weighted by Gasteiger charge is -2.40. The van der Waals surface area contributed by atoms with Gasteiger partial charge in [-0.15, -0.1) is 11.8 Å². The summed E-state index contributed by atoms with van der Waals surface area (Å²) in [6.07, 6.45) is 8.54. The molecule has 2 unspecified atom stereocenters. The van der Waals surface area contributed by atoms with E-state index in [4.69, 9.17) is 25.2 Å². The minimum Gasteiger partial charge on any atom is -0.450 e. The summed E-state index contributed by atoms with van der Waals surface area (Å²) in [6, 6.07) is 9.16. The second-order valence-electron chi connectivity index (χ2n) is 9.31. The van der Waals surface area contributed by atoms with Crippen molar-refractivity contribution in [3.8, 4) is 6.07 Å². The first-order valence-corrected chi connectivity index (χ1v) is 13.8. The molecule has 2 heterocycles. The van der Waals surface area contributed by atoms with E-state index in [1.165, 1.54) is 47.3 Å². The van der Waals surface area contributed by atoms with Crippen molar-refractivity contribution in [2.24, 2.45) is 5.73 Å². The van der Waals surface area contributed by atoms with E-state index in [0.717, 1.165) is 18.2 Å². The molecule has 0 aliphatic carbocycles. The molecular weight excluding hydrogens is 571 g/mol. The molecule has 13 heteroatoms. The van der Waals surface area contributed by atoms with E-state index < -0.39 is 47.1 Å². The van der Waals surface area contributed by atoms with Gasteiger partial charge in [-0.3, -0.25) is 4.79 Å².